The maximum absolute atomic E-state index is 11.5. The van der Waals surface area contributed by atoms with Gasteiger partial charge < -0.3 is 10.4 Å². The first-order valence-electron chi connectivity index (χ1n) is 6.54. The summed E-state index contributed by atoms with van der Waals surface area (Å²) in [5.74, 6) is -0.825. The summed E-state index contributed by atoms with van der Waals surface area (Å²) in [7, 11) is 0. The molecule has 1 aromatic heterocycles. The van der Waals surface area contributed by atoms with Gasteiger partial charge in [-0.1, -0.05) is 6.92 Å². The van der Waals surface area contributed by atoms with Crippen LogP contribution in [0.15, 0.2) is 6.20 Å². The van der Waals surface area contributed by atoms with Gasteiger partial charge in [0.25, 0.3) is 0 Å². The van der Waals surface area contributed by atoms with Crippen molar-refractivity contribution < 1.29 is 14.7 Å². The van der Waals surface area contributed by atoms with Crippen LogP contribution in [0.4, 0.5) is 0 Å². The number of hydrogen-bond acceptors (Lipinski definition) is 4. The van der Waals surface area contributed by atoms with Gasteiger partial charge in [0.1, 0.15) is 0 Å². The Morgan fingerprint density at radius 1 is 1.37 bits per heavy atom. The maximum atomic E-state index is 11.5. The maximum Gasteiger partial charge on any atom is 0.303 e. The number of carbonyl (C=O) groups excluding carboxylic acids is 1. The van der Waals surface area contributed by atoms with Crippen LogP contribution in [0.1, 0.15) is 42.5 Å². The number of nitrogens with one attached hydrogen (secondary N) is 1. The van der Waals surface area contributed by atoms with E-state index in [2.05, 4.69) is 17.2 Å². The molecule has 0 saturated heterocycles. The predicted molar refractivity (Wildman–Crippen MR) is 74.3 cm³/mol. The number of amides is 1. The quantitative estimate of drug-likeness (QED) is 0.680. The van der Waals surface area contributed by atoms with E-state index in [1.807, 2.05) is 6.20 Å². The Bertz CT molecular complexity index is 418. The highest BCUT2D eigenvalue weighted by molar-refractivity contribution is 7.11. The predicted octanol–water partition coefficient (Wildman–Crippen LogP) is 2.01. The van der Waals surface area contributed by atoms with Crippen molar-refractivity contribution in [3.05, 3.63) is 16.1 Å². The van der Waals surface area contributed by atoms with Crippen LogP contribution in [0.3, 0.4) is 0 Å². The molecule has 0 aliphatic rings. The molecule has 6 heteroatoms. The minimum Gasteiger partial charge on any atom is -0.481 e. The summed E-state index contributed by atoms with van der Waals surface area (Å²) in [6, 6.07) is 0. The fourth-order valence-corrected chi connectivity index (χ4v) is 2.45. The minimum absolute atomic E-state index is 0.0161. The molecule has 0 aliphatic heterocycles. The molecule has 19 heavy (non-hydrogen) atoms. The van der Waals surface area contributed by atoms with Crippen molar-refractivity contribution in [2.45, 2.75) is 45.4 Å². The summed E-state index contributed by atoms with van der Waals surface area (Å²) in [5.41, 5.74) is 0. The standard InChI is InChI=1S/C13H20N2O3S/c1-2-10-9-15-12(19-10)7-8-14-11(16)5-3-4-6-13(17)18/h9H,2-8H2,1H3,(H,14,16)(H,17,18). The van der Waals surface area contributed by atoms with E-state index in [0.29, 0.717) is 25.8 Å². The summed E-state index contributed by atoms with van der Waals surface area (Å²) < 4.78 is 0. The summed E-state index contributed by atoms with van der Waals surface area (Å²) in [6.45, 7) is 2.69. The van der Waals surface area contributed by atoms with Gasteiger partial charge >= 0.3 is 5.97 Å². The van der Waals surface area contributed by atoms with E-state index in [-0.39, 0.29) is 12.3 Å². The molecule has 0 aromatic carbocycles. The largest absolute Gasteiger partial charge is 0.481 e. The first-order chi connectivity index (χ1) is 9.11. The van der Waals surface area contributed by atoms with Gasteiger partial charge in [0.05, 0.1) is 5.01 Å². The number of rotatable bonds is 9. The Hall–Kier alpha value is -1.43. The molecule has 0 fully saturated rings. The fourth-order valence-electron chi connectivity index (χ4n) is 1.59. The van der Waals surface area contributed by atoms with Gasteiger partial charge in [0.2, 0.25) is 5.91 Å². The van der Waals surface area contributed by atoms with Gasteiger partial charge in [-0.2, -0.15) is 0 Å². The second-order valence-electron chi connectivity index (χ2n) is 4.27. The summed E-state index contributed by atoms with van der Waals surface area (Å²) in [4.78, 5) is 27.3. The lowest BCUT2D eigenvalue weighted by Gasteiger charge is -2.03. The molecule has 1 aromatic rings. The topological polar surface area (TPSA) is 79.3 Å². The van der Waals surface area contributed by atoms with Crippen LogP contribution in [0.2, 0.25) is 0 Å². The van der Waals surface area contributed by atoms with Crippen molar-refractivity contribution in [3.63, 3.8) is 0 Å². The number of nitrogens with zero attached hydrogens (tertiary/aromatic N) is 1. The molecular weight excluding hydrogens is 264 g/mol. The summed E-state index contributed by atoms with van der Waals surface area (Å²) in [5, 5.41) is 12.3. The van der Waals surface area contributed by atoms with Crippen molar-refractivity contribution in [1.29, 1.82) is 0 Å². The molecule has 0 radical (unpaired) electrons. The monoisotopic (exact) mass is 284 g/mol. The van der Waals surface area contributed by atoms with Gasteiger partial charge in [-0.15, -0.1) is 11.3 Å². The van der Waals surface area contributed by atoms with Crippen LogP contribution in [0.5, 0.6) is 0 Å². The molecule has 106 valence electrons. The molecule has 1 heterocycles. The number of aromatic nitrogens is 1. The first-order valence-corrected chi connectivity index (χ1v) is 7.35. The Labute approximate surface area is 117 Å². The van der Waals surface area contributed by atoms with Crippen molar-refractivity contribution in [2.24, 2.45) is 0 Å². The molecule has 0 spiro atoms. The highest BCUT2D eigenvalue weighted by Crippen LogP contribution is 2.13. The molecule has 5 nitrogen and oxygen atoms in total. The Morgan fingerprint density at radius 2 is 2.11 bits per heavy atom. The van der Waals surface area contributed by atoms with E-state index in [1.54, 1.807) is 11.3 Å². The van der Waals surface area contributed by atoms with Gasteiger partial charge in [-0.3, -0.25) is 9.59 Å². The third-order valence-corrected chi connectivity index (χ3v) is 3.86. The van der Waals surface area contributed by atoms with E-state index in [4.69, 9.17) is 5.11 Å². The van der Waals surface area contributed by atoms with Crippen molar-refractivity contribution in [2.75, 3.05) is 6.54 Å². The molecular formula is C13H20N2O3S. The van der Waals surface area contributed by atoms with Crippen LogP contribution in [-0.4, -0.2) is 28.5 Å². The number of carboxylic acid groups (broad SMARTS) is 1. The molecule has 0 aliphatic carbocycles. The van der Waals surface area contributed by atoms with Crippen LogP contribution in [0.25, 0.3) is 0 Å². The lowest BCUT2D eigenvalue weighted by atomic mass is 10.2. The Morgan fingerprint density at radius 3 is 2.74 bits per heavy atom. The second kappa shape index (κ2) is 8.63. The van der Waals surface area contributed by atoms with Crippen LogP contribution >= 0.6 is 11.3 Å². The van der Waals surface area contributed by atoms with Gasteiger partial charge in [0.15, 0.2) is 0 Å². The van der Waals surface area contributed by atoms with Crippen LogP contribution in [0, 0.1) is 0 Å². The average Bonchev–Trinajstić information content (AvgIpc) is 2.82. The smallest absolute Gasteiger partial charge is 0.303 e. The van der Waals surface area contributed by atoms with E-state index >= 15 is 0 Å². The number of carboxylic acids is 1. The zero-order chi connectivity index (χ0) is 14.1. The molecule has 2 N–H and O–H groups in total. The number of carbonyl (C=O) groups is 2. The second-order valence-corrected chi connectivity index (χ2v) is 5.47. The number of unbranched alkanes of at least 4 members (excludes halogenated alkanes) is 1. The van der Waals surface area contributed by atoms with Crippen LogP contribution < -0.4 is 5.32 Å². The van der Waals surface area contributed by atoms with Crippen molar-refractivity contribution in [3.8, 4) is 0 Å². The van der Waals surface area contributed by atoms with Gasteiger partial charge in [0, 0.05) is 36.9 Å². The SMILES string of the molecule is CCc1cnc(CCNC(=O)CCCCC(=O)O)s1. The van der Waals surface area contributed by atoms with E-state index in [0.717, 1.165) is 17.8 Å². The first kappa shape index (κ1) is 15.6. The number of hydrogen-bond donors (Lipinski definition) is 2. The van der Waals surface area contributed by atoms with Crippen molar-refractivity contribution in [1.82, 2.24) is 10.3 Å². The van der Waals surface area contributed by atoms with Crippen molar-refractivity contribution >= 4 is 23.2 Å². The normalized spacial score (nSPS) is 10.4. The Balaban J connectivity index is 2.08. The average molecular weight is 284 g/mol. The zero-order valence-electron chi connectivity index (χ0n) is 11.1. The lowest BCUT2D eigenvalue weighted by Crippen LogP contribution is -2.25. The van der Waals surface area contributed by atoms with E-state index in [9.17, 15) is 9.59 Å². The number of aliphatic carboxylic acids is 1. The third-order valence-electron chi connectivity index (χ3n) is 2.66. The number of aryl methyl sites for hydroxylation is 1. The van der Waals surface area contributed by atoms with Crippen LogP contribution in [-0.2, 0) is 22.4 Å². The molecule has 1 rings (SSSR count). The fraction of sp³-hybridized carbons (Fsp3) is 0.615. The number of thiazole rings is 1. The third kappa shape index (κ3) is 6.91. The van der Waals surface area contributed by atoms with E-state index < -0.39 is 5.97 Å². The van der Waals surface area contributed by atoms with E-state index in [1.165, 1.54) is 4.88 Å². The lowest BCUT2D eigenvalue weighted by molar-refractivity contribution is -0.137. The van der Waals surface area contributed by atoms with Gasteiger partial charge in [-0.05, 0) is 19.3 Å². The minimum atomic E-state index is -0.809. The molecule has 0 saturated carbocycles. The van der Waals surface area contributed by atoms with Gasteiger partial charge in [-0.25, -0.2) is 4.98 Å². The summed E-state index contributed by atoms with van der Waals surface area (Å²) >= 11 is 1.68. The zero-order valence-corrected chi connectivity index (χ0v) is 12.0. The molecule has 1 amide bonds. The molecule has 0 unspecified atom stereocenters. The Kier molecular flexibility index (Phi) is 7.10. The highest BCUT2D eigenvalue weighted by Gasteiger charge is 2.04. The summed E-state index contributed by atoms with van der Waals surface area (Å²) in [6.07, 6.45) is 5.33. The molecule has 0 atom stereocenters. The molecule has 0 bridgehead atoms. The highest BCUT2D eigenvalue weighted by atomic mass is 32.1.